The molecule has 0 aliphatic rings. The minimum Gasteiger partial charge on any atom is -0.392 e. The zero-order valence-corrected chi connectivity index (χ0v) is 17.9. The van der Waals surface area contributed by atoms with E-state index in [4.69, 9.17) is 11.6 Å². The van der Waals surface area contributed by atoms with Gasteiger partial charge in [0.05, 0.1) is 28.8 Å². The Morgan fingerprint density at radius 3 is 2.59 bits per heavy atom. The van der Waals surface area contributed by atoms with Gasteiger partial charge < -0.3 is 10.4 Å². The van der Waals surface area contributed by atoms with Crippen molar-refractivity contribution < 1.29 is 9.90 Å². The van der Waals surface area contributed by atoms with E-state index in [1.165, 1.54) is 4.57 Å². The largest absolute Gasteiger partial charge is 0.392 e. The Bertz CT molecular complexity index is 1100. The third kappa shape index (κ3) is 5.18. The van der Waals surface area contributed by atoms with Crippen LogP contribution in [0.25, 0.3) is 10.9 Å². The van der Waals surface area contributed by atoms with Gasteiger partial charge in [0.2, 0.25) is 5.91 Å². The number of benzene rings is 2. The van der Waals surface area contributed by atoms with Crippen molar-refractivity contribution in [2.24, 2.45) is 0 Å². The molecule has 0 saturated heterocycles. The number of carbonyl (C=O) groups is 1. The first-order valence-corrected chi connectivity index (χ1v) is 10.4. The van der Waals surface area contributed by atoms with Gasteiger partial charge in [-0.15, -0.1) is 0 Å². The molecule has 3 rings (SSSR count). The molecule has 0 aliphatic carbocycles. The molecule has 0 bridgehead atoms. The summed E-state index contributed by atoms with van der Waals surface area (Å²) in [5.41, 5.74) is 1.98. The molecule has 2 atom stereocenters. The second-order valence-corrected chi connectivity index (χ2v) is 8.68. The maximum Gasteiger partial charge on any atom is 0.262 e. The first-order valence-electron chi connectivity index (χ1n) is 9.17. The van der Waals surface area contributed by atoms with Gasteiger partial charge in [-0.2, -0.15) is 0 Å². The molecule has 6 nitrogen and oxygen atoms in total. The molecule has 1 heterocycles. The SMILES string of the molecule is Cc1ccc(NC(=O)[C@@H](C)Sc2nc3cc(Cl)ccc3c(=O)n2C[C@@H](C)O)cc1. The number of anilines is 1. The number of hydrogen-bond donors (Lipinski definition) is 2. The number of aromatic nitrogens is 2. The highest BCUT2D eigenvalue weighted by Gasteiger charge is 2.20. The first kappa shape index (κ1) is 21.4. The fourth-order valence-corrected chi connectivity index (χ4v) is 3.87. The van der Waals surface area contributed by atoms with Crippen molar-refractivity contribution in [2.75, 3.05) is 5.32 Å². The van der Waals surface area contributed by atoms with Crippen molar-refractivity contribution in [1.82, 2.24) is 9.55 Å². The lowest BCUT2D eigenvalue weighted by Crippen LogP contribution is -2.29. The predicted molar refractivity (Wildman–Crippen MR) is 118 cm³/mol. The summed E-state index contributed by atoms with van der Waals surface area (Å²) in [6.45, 7) is 5.40. The smallest absolute Gasteiger partial charge is 0.262 e. The molecular weight excluding hydrogens is 410 g/mol. The summed E-state index contributed by atoms with van der Waals surface area (Å²) in [5.74, 6) is -0.206. The van der Waals surface area contributed by atoms with Crippen molar-refractivity contribution in [3.05, 3.63) is 63.4 Å². The van der Waals surface area contributed by atoms with Crippen LogP contribution in [0.3, 0.4) is 0 Å². The number of fused-ring (bicyclic) bond motifs is 1. The number of nitrogens with one attached hydrogen (secondary N) is 1. The van der Waals surface area contributed by atoms with Crippen molar-refractivity contribution in [3.63, 3.8) is 0 Å². The summed E-state index contributed by atoms with van der Waals surface area (Å²) in [6.07, 6.45) is -0.740. The zero-order valence-electron chi connectivity index (χ0n) is 16.3. The molecule has 0 radical (unpaired) electrons. The van der Waals surface area contributed by atoms with Gasteiger partial charge in [0.1, 0.15) is 0 Å². The molecule has 8 heteroatoms. The van der Waals surface area contributed by atoms with Crippen LogP contribution in [-0.4, -0.2) is 31.9 Å². The van der Waals surface area contributed by atoms with Gasteiger partial charge in [0.15, 0.2) is 5.16 Å². The van der Waals surface area contributed by atoms with Gasteiger partial charge in [0.25, 0.3) is 5.56 Å². The van der Waals surface area contributed by atoms with Crippen molar-refractivity contribution in [3.8, 4) is 0 Å². The number of halogens is 1. The standard InChI is InChI=1S/C21H22ClN3O3S/c1-12-4-7-16(8-5-12)23-19(27)14(3)29-21-24-18-10-15(22)6-9-17(18)20(28)25(21)11-13(2)26/h4-10,13-14,26H,11H2,1-3H3,(H,23,27)/t13-,14-/m1/s1. The van der Waals surface area contributed by atoms with Gasteiger partial charge in [-0.25, -0.2) is 4.98 Å². The first-order chi connectivity index (χ1) is 13.7. The molecule has 1 aromatic heterocycles. The van der Waals surface area contributed by atoms with E-state index in [2.05, 4.69) is 10.3 Å². The second kappa shape index (κ2) is 8.98. The molecule has 0 fully saturated rings. The Hall–Kier alpha value is -2.35. The van der Waals surface area contributed by atoms with Crippen molar-refractivity contribution >= 4 is 45.9 Å². The highest BCUT2D eigenvalue weighted by atomic mass is 35.5. The highest BCUT2D eigenvalue weighted by molar-refractivity contribution is 8.00. The van der Waals surface area contributed by atoms with Gasteiger partial charge in [0, 0.05) is 10.7 Å². The van der Waals surface area contributed by atoms with Crippen LogP contribution >= 0.6 is 23.4 Å². The molecule has 3 aromatic rings. The molecule has 0 saturated carbocycles. The monoisotopic (exact) mass is 431 g/mol. The number of aryl methyl sites for hydroxylation is 1. The number of aliphatic hydroxyl groups is 1. The molecule has 0 spiro atoms. The highest BCUT2D eigenvalue weighted by Crippen LogP contribution is 2.25. The van der Waals surface area contributed by atoms with Gasteiger partial charge >= 0.3 is 0 Å². The van der Waals surface area contributed by atoms with Crippen LogP contribution in [0.5, 0.6) is 0 Å². The van der Waals surface area contributed by atoms with Crippen LogP contribution in [0.2, 0.25) is 5.02 Å². The van der Waals surface area contributed by atoms with Crippen LogP contribution in [-0.2, 0) is 11.3 Å². The van der Waals surface area contributed by atoms with Crippen molar-refractivity contribution in [1.29, 1.82) is 0 Å². The van der Waals surface area contributed by atoms with Gasteiger partial charge in [-0.05, 0) is 51.1 Å². The number of aliphatic hydroxyl groups excluding tert-OH is 1. The van der Waals surface area contributed by atoms with E-state index in [1.807, 2.05) is 31.2 Å². The van der Waals surface area contributed by atoms with E-state index in [-0.39, 0.29) is 18.0 Å². The average Bonchev–Trinajstić information content (AvgIpc) is 2.66. The Morgan fingerprint density at radius 2 is 1.93 bits per heavy atom. The molecule has 29 heavy (non-hydrogen) atoms. The number of carbonyl (C=O) groups excluding carboxylic acids is 1. The number of rotatable bonds is 6. The Balaban J connectivity index is 1.91. The van der Waals surface area contributed by atoms with Gasteiger partial charge in [-0.1, -0.05) is 41.1 Å². The van der Waals surface area contributed by atoms with Crippen LogP contribution in [0.1, 0.15) is 19.4 Å². The van der Waals surface area contributed by atoms with E-state index in [9.17, 15) is 14.7 Å². The average molecular weight is 432 g/mol. The Labute approximate surface area is 177 Å². The predicted octanol–water partition coefficient (Wildman–Crippen LogP) is 3.86. The van der Waals surface area contributed by atoms with E-state index < -0.39 is 11.4 Å². The number of amides is 1. The fraction of sp³-hybridized carbons (Fsp3) is 0.286. The van der Waals surface area contributed by atoms with E-state index in [1.54, 1.807) is 32.0 Å². The maximum absolute atomic E-state index is 12.9. The summed E-state index contributed by atoms with van der Waals surface area (Å²) >= 11 is 7.21. The number of nitrogens with zero attached hydrogens (tertiary/aromatic N) is 2. The summed E-state index contributed by atoms with van der Waals surface area (Å²) in [6, 6.07) is 12.4. The molecule has 0 aliphatic heterocycles. The molecular formula is C21H22ClN3O3S. The Morgan fingerprint density at radius 1 is 1.24 bits per heavy atom. The Kier molecular flexibility index (Phi) is 6.62. The summed E-state index contributed by atoms with van der Waals surface area (Å²) < 4.78 is 1.40. The van der Waals surface area contributed by atoms with E-state index in [0.29, 0.717) is 26.8 Å². The lowest BCUT2D eigenvalue weighted by Gasteiger charge is -2.17. The molecule has 2 N–H and O–H groups in total. The van der Waals surface area contributed by atoms with E-state index >= 15 is 0 Å². The number of thioether (sulfide) groups is 1. The summed E-state index contributed by atoms with van der Waals surface area (Å²) in [4.78, 5) is 30.1. The van der Waals surface area contributed by atoms with Gasteiger partial charge in [-0.3, -0.25) is 14.2 Å². The zero-order chi connectivity index (χ0) is 21.1. The fourth-order valence-electron chi connectivity index (χ4n) is 2.78. The van der Waals surface area contributed by atoms with Crippen molar-refractivity contribution in [2.45, 2.75) is 43.8 Å². The molecule has 2 aromatic carbocycles. The van der Waals surface area contributed by atoms with E-state index in [0.717, 1.165) is 17.3 Å². The normalized spacial score (nSPS) is 13.3. The third-order valence-corrected chi connectivity index (χ3v) is 5.62. The van der Waals surface area contributed by atoms with Crippen LogP contribution in [0.15, 0.2) is 52.4 Å². The van der Waals surface area contributed by atoms with Crippen LogP contribution in [0, 0.1) is 6.92 Å². The lowest BCUT2D eigenvalue weighted by atomic mass is 10.2. The third-order valence-electron chi connectivity index (χ3n) is 4.30. The number of hydrogen-bond acceptors (Lipinski definition) is 5. The van der Waals surface area contributed by atoms with Crippen LogP contribution in [0.4, 0.5) is 5.69 Å². The topological polar surface area (TPSA) is 84.2 Å². The summed E-state index contributed by atoms with van der Waals surface area (Å²) in [5, 5.41) is 13.4. The minimum atomic E-state index is -0.740. The lowest BCUT2D eigenvalue weighted by molar-refractivity contribution is -0.115. The molecule has 1 amide bonds. The minimum absolute atomic E-state index is 0.0824. The second-order valence-electron chi connectivity index (χ2n) is 6.94. The maximum atomic E-state index is 12.9. The quantitative estimate of drug-likeness (QED) is 0.457. The molecule has 0 unspecified atom stereocenters. The summed E-state index contributed by atoms with van der Waals surface area (Å²) in [7, 11) is 0. The molecule has 152 valence electrons. The van der Waals surface area contributed by atoms with Crippen LogP contribution < -0.4 is 10.9 Å².